The van der Waals surface area contributed by atoms with Crippen LogP contribution in [0.5, 0.6) is 0 Å². The number of benzene rings is 1. The molecule has 2 atom stereocenters. The van der Waals surface area contributed by atoms with Gasteiger partial charge in [0.15, 0.2) is 0 Å². The number of aromatic nitrogens is 2. The number of fused-ring (bicyclic) bond motifs is 3. The Kier molecular flexibility index (Phi) is 5.99. The predicted octanol–water partition coefficient (Wildman–Crippen LogP) is 3.42. The lowest BCUT2D eigenvalue weighted by atomic mass is 9.98. The summed E-state index contributed by atoms with van der Waals surface area (Å²) in [4.78, 5) is 30.6. The van der Waals surface area contributed by atoms with Crippen LogP contribution in [0.25, 0.3) is 0 Å². The minimum atomic E-state index is -3.91. The normalized spacial score (nSPS) is 21.1. The lowest BCUT2D eigenvalue weighted by Gasteiger charge is -2.10. The number of nitrogens with one attached hydrogen (secondary N) is 1. The summed E-state index contributed by atoms with van der Waals surface area (Å²) in [6.45, 7) is 7.86. The summed E-state index contributed by atoms with van der Waals surface area (Å²) in [7, 11) is -3.91. The Morgan fingerprint density at radius 3 is 2.61 bits per heavy atom. The van der Waals surface area contributed by atoms with Gasteiger partial charge in [0.25, 0.3) is 0 Å². The van der Waals surface area contributed by atoms with E-state index in [0.29, 0.717) is 49.6 Å². The number of aryl methyl sites for hydroxylation is 2. The Morgan fingerprint density at radius 1 is 1.26 bits per heavy atom. The Balaban J connectivity index is 1.26. The zero-order valence-electron chi connectivity index (χ0n) is 18.5. The molecule has 4 rings (SSSR count). The highest BCUT2D eigenvalue weighted by Crippen LogP contribution is 2.70. The fourth-order valence-electron chi connectivity index (χ4n) is 5.12. The number of nitrogens with zero attached hydrogens (tertiary/aromatic N) is 2. The summed E-state index contributed by atoms with van der Waals surface area (Å²) in [6, 6.07) is 8.13. The van der Waals surface area contributed by atoms with Crippen molar-refractivity contribution in [1.82, 2.24) is 15.1 Å². The molecule has 0 amide bonds. The number of carbonyl (C=O) groups is 1. The van der Waals surface area contributed by atoms with Crippen LogP contribution in [0.4, 0.5) is 0 Å². The first-order valence-electron chi connectivity index (χ1n) is 11.0. The molecule has 1 aromatic carbocycles. The minimum Gasteiger partial charge on any atom is -0.324 e. The van der Waals surface area contributed by atoms with Gasteiger partial charge in [-0.2, -0.15) is 5.10 Å². The van der Waals surface area contributed by atoms with E-state index in [4.69, 9.17) is 9.79 Å². The molecule has 31 heavy (non-hydrogen) atoms. The fourth-order valence-corrected chi connectivity index (χ4v) is 5.69. The highest BCUT2D eigenvalue weighted by molar-refractivity contribution is 7.51. The maximum atomic E-state index is 12.8. The van der Waals surface area contributed by atoms with Crippen molar-refractivity contribution >= 4 is 13.5 Å². The zero-order valence-corrected chi connectivity index (χ0v) is 19.4. The second-order valence-corrected chi connectivity index (χ2v) is 11.4. The lowest BCUT2D eigenvalue weighted by molar-refractivity contribution is 0.0882. The van der Waals surface area contributed by atoms with Gasteiger partial charge in [0.2, 0.25) is 5.91 Å². The van der Waals surface area contributed by atoms with Crippen LogP contribution < -0.4 is 5.32 Å². The Morgan fingerprint density at radius 2 is 1.94 bits per heavy atom. The van der Waals surface area contributed by atoms with E-state index in [2.05, 4.69) is 24.3 Å². The van der Waals surface area contributed by atoms with Crippen LogP contribution >= 0.6 is 7.60 Å². The highest BCUT2D eigenvalue weighted by atomic mass is 31.2. The average Bonchev–Trinajstić information content (AvgIpc) is 3.03. The number of carbonyl (C=O) groups excluding carboxylic acids is 1. The third-order valence-corrected chi connectivity index (χ3v) is 7.90. The van der Waals surface area contributed by atoms with Crippen molar-refractivity contribution in [1.29, 1.82) is 0 Å². The summed E-state index contributed by atoms with van der Waals surface area (Å²) in [5.41, 5.74) is 6.04. The van der Waals surface area contributed by atoms with E-state index in [1.165, 1.54) is 5.56 Å². The van der Waals surface area contributed by atoms with Crippen LogP contribution in [-0.2, 0) is 24.0 Å². The third kappa shape index (κ3) is 4.70. The van der Waals surface area contributed by atoms with Crippen molar-refractivity contribution in [3.63, 3.8) is 0 Å². The summed E-state index contributed by atoms with van der Waals surface area (Å²) < 4.78 is 12.5. The van der Waals surface area contributed by atoms with Gasteiger partial charge >= 0.3 is 7.60 Å². The fraction of sp³-hybridized carbons (Fsp3) is 0.565. The molecule has 8 heteroatoms. The number of rotatable bonds is 9. The van der Waals surface area contributed by atoms with Crippen LogP contribution in [-0.4, -0.2) is 38.2 Å². The van der Waals surface area contributed by atoms with E-state index in [1.807, 2.05) is 31.2 Å². The molecule has 0 spiro atoms. The van der Waals surface area contributed by atoms with Gasteiger partial charge in [-0.3, -0.25) is 9.36 Å². The van der Waals surface area contributed by atoms with E-state index in [1.54, 1.807) is 4.68 Å². The van der Waals surface area contributed by atoms with Crippen molar-refractivity contribution in [3.05, 3.63) is 52.3 Å². The Bertz CT molecular complexity index is 1020. The minimum absolute atomic E-state index is 0.0688. The van der Waals surface area contributed by atoms with Gasteiger partial charge in [-0.05, 0) is 61.1 Å². The first-order valence-corrected chi connectivity index (χ1v) is 12.8. The molecule has 3 N–H and O–H groups in total. The standard InChI is InChI=1S/C23H32N3O4P/c1-15-21-19(13-18-22(21)23(18,2)3)26(25-15)20(27)10-9-16-5-7-17(8-6-16)14-24-11-4-12-31(28,29)30/h5-8,18,22,24H,4,9-14H2,1-3H3,(H2,28,29,30). The van der Waals surface area contributed by atoms with Gasteiger partial charge < -0.3 is 15.1 Å². The van der Waals surface area contributed by atoms with Crippen molar-refractivity contribution in [3.8, 4) is 0 Å². The first-order chi connectivity index (χ1) is 14.6. The Hall–Kier alpha value is -1.79. The van der Waals surface area contributed by atoms with Gasteiger partial charge in [0, 0.05) is 18.5 Å². The molecular weight excluding hydrogens is 413 g/mol. The molecule has 2 aliphatic rings. The van der Waals surface area contributed by atoms with E-state index in [0.717, 1.165) is 28.9 Å². The van der Waals surface area contributed by atoms with E-state index in [-0.39, 0.29) is 12.1 Å². The molecule has 1 fully saturated rings. The van der Waals surface area contributed by atoms with Gasteiger partial charge in [-0.1, -0.05) is 38.1 Å². The molecule has 2 aromatic rings. The first kappa shape index (κ1) is 22.4. The van der Waals surface area contributed by atoms with Crippen LogP contribution in [0.2, 0.25) is 0 Å². The van der Waals surface area contributed by atoms with Crippen LogP contribution in [0, 0.1) is 18.3 Å². The van der Waals surface area contributed by atoms with Crippen molar-refractivity contribution < 1.29 is 19.1 Å². The molecule has 168 valence electrons. The van der Waals surface area contributed by atoms with Crippen LogP contribution in [0.15, 0.2) is 24.3 Å². The van der Waals surface area contributed by atoms with E-state index in [9.17, 15) is 9.36 Å². The predicted molar refractivity (Wildman–Crippen MR) is 119 cm³/mol. The molecule has 2 unspecified atom stereocenters. The molecule has 2 aliphatic carbocycles. The molecule has 0 saturated heterocycles. The average molecular weight is 446 g/mol. The van der Waals surface area contributed by atoms with Crippen molar-refractivity contribution in [2.24, 2.45) is 11.3 Å². The van der Waals surface area contributed by atoms with Crippen LogP contribution in [0.3, 0.4) is 0 Å². The van der Waals surface area contributed by atoms with Gasteiger partial charge in [-0.15, -0.1) is 0 Å². The lowest BCUT2D eigenvalue weighted by Crippen LogP contribution is -2.17. The van der Waals surface area contributed by atoms with Crippen molar-refractivity contribution in [2.75, 3.05) is 12.7 Å². The Labute approximate surface area is 183 Å². The third-order valence-electron chi connectivity index (χ3n) is 7.00. The molecule has 7 nitrogen and oxygen atoms in total. The van der Waals surface area contributed by atoms with E-state index < -0.39 is 7.60 Å². The van der Waals surface area contributed by atoms with E-state index >= 15 is 0 Å². The van der Waals surface area contributed by atoms with Crippen molar-refractivity contribution in [2.45, 2.75) is 58.9 Å². The molecule has 0 aliphatic heterocycles. The maximum absolute atomic E-state index is 12.8. The highest BCUT2D eigenvalue weighted by Gasteiger charge is 2.64. The quantitative estimate of drug-likeness (QED) is 0.404. The second-order valence-electron chi connectivity index (χ2n) is 9.60. The SMILES string of the molecule is Cc1nn(C(=O)CCc2ccc(CNCCCP(=O)(O)O)cc2)c2c1C1C(C2)C1(C)C. The summed E-state index contributed by atoms with van der Waals surface area (Å²) >= 11 is 0. The molecule has 0 bridgehead atoms. The molecular formula is C23H32N3O4P. The molecule has 1 heterocycles. The summed E-state index contributed by atoms with van der Waals surface area (Å²) in [5.74, 6) is 1.30. The van der Waals surface area contributed by atoms with Gasteiger partial charge in [0.1, 0.15) is 0 Å². The molecule has 0 radical (unpaired) electrons. The van der Waals surface area contributed by atoms with Crippen LogP contribution in [0.1, 0.15) is 65.5 Å². The zero-order chi connectivity index (χ0) is 22.4. The van der Waals surface area contributed by atoms with Gasteiger partial charge in [-0.25, -0.2) is 4.68 Å². The smallest absolute Gasteiger partial charge is 0.324 e. The second kappa shape index (κ2) is 8.28. The number of hydrogen-bond donors (Lipinski definition) is 3. The number of hydrogen-bond acceptors (Lipinski definition) is 4. The maximum Gasteiger partial charge on any atom is 0.325 e. The monoisotopic (exact) mass is 445 g/mol. The largest absolute Gasteiger partial charge is 0.325 e. The van der Waals surface area contributed by atoms with Gasteiger partial charge in [0.05, 0.1) is 17.5 Å². The molecule has 1 aromatic heterocycles. The topological polar surface area (TPSA) is 104 Å². The molecule has 1 saturated carbocycles. The summed E-state index contributed by atoms with van der Waals surface area (Å²) in [5, 5.41) is 7.77. The summed E-state index contributed by atoms with van der Waals surface area (Å²) in [6.07, 6.45) is 2.44.